The molecule has 0 radical (unpaired) electrons. The van der Waals surface area contributed by atoms with E-state index < -0.39 is 6.03 Å². The summed E-state index contributed by atoms with van der Waals surface area (Å²) in [6.07, 6.45) is 2.99. The lowest BCUT2D eigenvalue weighted by molar-refractivity contribution is -0.121. The Hall–Kier alpha value is -0.750. The van der Waals surface area contributed by atoms with Gasteiger partial charge in [0, 0.05) is 18.3 Å². The van der Waals surface area contributed by atoms with Crippen molar-refractivity contribution in [3.63, 3.8) is 0 Å². The van der Waals surface area contributed by atoms with Gasteiger partial charge in [-0.2, -0.15) is 11.8 Å². The summed E-state index contributed by atoms with van der Waals surface area (Å²) in [5, 5.41) is 8.02. The molecule has 0 aliphatic heterocycles. The lowest BCUT2D eigenvalue weighted by atomic mass is 10.2. The zero-order valence-electron chi connectivity index (χ0n) is 11.0. The normalized spacial score (nSPS) is 13.9. The van der Waals surface area contributed by atoms with Gasteiger partial charge in [0.15, 0.2) is 0 Å². The van der Waals surface area contributed by atoms with Gasteiger partial charge in [-0.3, -0.25) is 10.1 Å². The Kier molecular flexibility index (Phi) is 8.89. The van der Waals surface area contributed by atoms with Crippen LogP contribution in [0.5, 0.6) is 0 Å². The third-order valence-electron chi connectivity index (χ3n) is 2.31. The second-order valence-corrected chi connectivity index (χ2v) is 4.71. The number of amides is 3. The minimum absolute atomic E-state index is 0.292. The molecule has 6 heteroatoms. The van der Waals surface area contributed by atoms with Gasteiger partial charge in [0.1, 0.15) is 0 Å². The van der Waals surface area contributed by atoms with Crippen LogP contribution in [0.1, 0.15) is 27.2 Å². The van der Waals surface area contributed by atoms with E-state index >= 15 is 0 Å². The summed E-state index contributed by atoms with van der Waals surface area (Å²) in [4.78, 5) is 22.8. The van der Waals surface area contributed by atoms with Gasteiger partial charge in [-0.15, -0.1) is 0 Å². The Labute approximate surface area is 107 Å². The molecule has 0 saturated carbocycles. The smallest absolute Gasteiger partial charge is 0.321 e. The van der Waals surface area contributed by atoms with Crippen LogP contribution in [0, 0.1) is 0 Å². The molecule has 0 aromatic carbocycles. The van der Waals surface area contributed by atoms with Crippen LogP contribution in [0.2, 0.25) is 0 Å². The van der Waals surface area contributed by atoms with Crippen molar-refractivity contribution >= 4 is 23.7 Å². The molecule has 0 aliphatic carbocycles. The molecule has 17 heavy (non-hydrogen) atoms. The lowest BCUT2D eigenvalue weighted by Crippen LogP contribution is -2.50. The maximum absolute atomic E-state index is 11.6. The van der Waals surface area contributed by atoms with Crippen molar-refractivity contribution in [3.05, 3.63) is 0 Å². The predicted octanol–water partition coefficient (Wildman–Crippen LogP) is 0.952. The number of thioether (sulfide) groups is 1. The number of hydrogen-bond donors (Lipinski definition) is 3. The van der Waals surface area contributed by atoms with Gasteiger partial charge in [-0.25, -0.2) is 4.79 Å². The summed E-state index contributed by atoms with van der Waals surface area (Å²) in [5.74, 6) is 0.658. The van der Waals surface area contributed by atoms with E-state index in [0.29, 0.717) is 12.6 Å². The van der Waals surface area contributed by atoms with E-state index in [2.05, 4.69) is 22.9 Å². The van der Waals surface area contributed by atoms with Crippen molar-refractivity contribution < 1.29 is 9.59 Å². The highest BCUT2D eigenvalue weighted by Crippen LogP contribution is 2.02. The third kappa shape index (κ3) is 7.23. The number of carbonyl (C=O) groups is 2. The van der Waals surface area contributed by atoms with Crippen LogP contribution in [0.25, 0.3) is 0 Å². The summed E-state index contributed by atoms with van der Waals surface area (Å²) in [6, 6.07) is -0.515. The average molecular weight is 261 g/mol. The molecule has 0 aliphatic rings. The zero-order valence-corrected chi connectivity index (χ0v) is 11.8. The van der Waals surface area contributed by atoms with Gasteiger partial charge in [-0.1, -0.05) is 6.92 Å². The zero-order chi connectivity index (χ0) is 13.3. The molecular weight excluding hydrogens is 238 g/mol. The second-order valence-electron chi connectivity index (χ2n) is 3.80. The molecule has 0 aromatic heterocycles. The Bertz CT molecular complexity index is 249. The number of urea groups is 1. The number of imide groups is 1. The van der Waals surface area contributed by atoms with Crippen molar-refractivity contribution in [2.75, 3.05) is 18.6 Å². The number of carbonyl (C=O) groups excluding carboxylic acids is 2. The molecule has 2 unspecified atom stereocenters. The van der Waals surface area contributed by atoms with E-state index in [1.54, 1.807) is 25.6 Å². The van der Waals surface area contributed by atoms with Crippen LogP contribution in [0.3, 0.4) is 0 Å². The summed E-state index contributed by atoms with van der Waals surface area (Å²) < 4.78 is 0. The van der Waals surface area contributed by atoms with E-state index in [9.17, 15) is 9.59 Å². The quantitative estimate of drug-likeness (QED) is 0.638. The second kappa shape index (κ2) is 9.30. The third-order valence-corrected chi connectivity index (χ3v) is 3.05. The maximum Gasteiger partial charge on any atom is 0.321 e. The topological polar surface area (TPSA) is 70.2 Å². The Balaban J connectivity index is 4.07. The molecule has 0 heterocycles. The maximum atomic E-state index is 11.6. The van der Waals surface area contributed by atoms with Gasteiger partial charge < -0.3 is 10.6 Å². The molecule has 100 valence electrons. The number of hydrogen-bond acceptors (Lipinski definition) is 4. The predicted molar refractivity (Wildman–Crippen MR) is 72.3 cm³/mol. The van der Waals surface area contributed by atoms with E-state index in [4.69, 9.17) is 0 Å². The number of nitrogens with one attached hydrogen (secondary N) is 3. The molecule has 2 atom stereocenters. The Morgan fingerprint density at radius 2 is 1.94 bits per heavy atom. The summed E-state index contributed by atoms with van der Waals surface area (Å²) in [6.45, 7) is 6.14. The molecule has 3 amide bonds. The van der Waals surface area contributed by atoms with Crippen LogP contribution in [0.15, 0.2) is 0 Å². The van der Waals surface area contributed by atoms with Gasteiger partial charge in [0.2, 0.25) is 5.91 Å². The Morgan fingerprint density at radius 3 is 2.41 bits per heavy atom. The van der Waals surface area contributed by atoms with E-state index in [-0.39, 0.29) is 11.9 Å². The highest BCUT2D eigenvalue weighted by molar-refractivity contribution is 7.98. The first kappa shape index (κ1) is 16.2. The van der Waals surface area contributed by atoms with Gasteiger partial charge in [-0.05, 0) is 26.5 Å². The molecule has 0 rings (SSSR count). The van der Waals surface area contributed by atoms with Crippen molar-refractivity contribution in [2.24, 2.45) is 0 Å². The minimum atomic E-state index is -0.441. The SMILES string of the molecule is CCNC(=O)NC(=O)C(C)NC(CC)CSC. The first-order valence-electron chi connectivity index (χ1n) is 5.88. The van der Waals surface area contributed by atoms with Crippen LogP contribution >= 0.6 is 11.8 Å². The van der Waals surface area contributed by atoms with Gasteiger partial charge in [0.05, 0.1) is 6.04 Å². The van der Waals surface area contributed by atoms with Crippen molar-refractivity contribution in [1.29, 1.82) is 0 Å². The average Bonchev–Trinajstić information content (AvgIpc) is 2.28. The van der Waals surface area contributed by atoms with Crippen LogP contribution in [-0.2, 0) is 4.79 Å². The van der Waals surface area contributed by atoms with Gasteiger partial charge >= 0.3 is 6.03 Å². The molecule has 0 spiro atoms. The number of rotatable bonds is 7. The van der Waals surface area contributed by atoms with Gasteiger partial charge in [0.25, 0.3) is 0 Å². The minimum Gasteiger partial charge on any atom is -0.338 e. The monoisotopic (exact) mass is 261 g/mol. The molecule has 0 bridgehead atoms. The summed E-state index contributed by atoms with van der Waals surface area (Å²) in [7, 11) is 0. The molecule has 0 saturated heterocycles. The first-order valence-corrected chi connectivity index (χ1v) is 7.28. The molecular formula is C11H23N3O2S. The molecule has 3 N–H and O–H groups in total. The van der Waals surface area contributed by atoms with Crippen molar-refractivity contribution in [1.82, 2.24) is 16.0 Å². The fourth-order valence-corrected chi connectivity index (χ4v) is 2.07. The van der Waals surface area contributed by atoms with Crippen LogP contribution < -0.4 is 16.0 Å². The van der Waals surface area contributed by atoms with Crippen LogP contribution in [0.4, 0.5) is 4.79 Å². The van der Waals surface area contributed by atoms with Crippen molar-refractivity contribution in [3.8, 4) is 0 Å². The van der Waals surface area contributed by atoms with Crippen molar-refractivity contribution in [2.45, 2.75) is 39.3 Å². The fourth-order valence-electron chi connectivity index (χ4n) is 1.34. The largest absolute Gasteiger partial charge is 0.338 e. The van der Waals surface area contributed by atoms with E-state index in [0.717, 1.165) is 12.2 Å². The Morgan fingerprint density at radius 1 is 1.29 bits per heavy atom. The molecule has 5 nitrogen and oxygen atoms in total. The van der Waals surface area contributed by atoms with E-state index in [1.165, 1.54) is 0 Å². The van der Waals surface area contributed by atoms with E-state index in [1.807, 2.05) is 6.26 Å². The lowest BCUT2D eigenvalue weighted by Gasteiger charge is -2.20. The molecule has 0 aromatic rings. The van der Waals surface area contributed by atoms with Crippen LogP contribution in [-0.4, -0.2) is 42.6 Å². The fraction of sp³-hybridized carbons (Fsp3) is 0.818. The highest BCUT2D eigenvalue weighted by atomic mass is 32.2. The highest BCUT2D eigenvalue weighted by Gasteiger charge is 2.18. The first-order chi connectivity index (χ1) is 8.04. The standard InChI is InChI=1S/C11H23N3O2S/c1-5-9(7-17-4)13-8(3)10(15)14-11(16)12-6-2/h8-9,13H,5-7H2,1-4H3,(H2,12,14,15,16). The molecule has 0 fully saturated rings. The summed E-state index contributed by atoms with van der Waals surface area (Å²) >= 11 is 1.74. The summed E-state index contributed by atoms with van der Waals surface area (Å²) in [5.41, 5.74) is 0.